The number of nitrogens with two attached hydrogens (primary N) is 2. The van der Waals surface area contributed by atoms with E-state index < -0.39 is 0 Å². The summed E-state index contributed by atoms with van der Waals surface area (Å²) in [5.74, 6) is 2.98. The molecule has 38 heavy (non-hydrogen) atoms. The highest BCUT2D eigenvalue weighted by atomic mass is 16.5. The number of piperidine rings is 1. The molecule has 4 rings (SSSR count). The summed E-state index contributed by atoms with van der Waals surface area (Å²) in [4.78, 5) is 15.5. The van der Waals surface area contributed by atoms with Crippen molar-refractivity contribution in [3.63, 3.8) is 0 Å². The van der Waals surface area contributed by atoms with Gasteiger partial charge in [-0.15, -0.1) is 0 Å². The smallest absolute Gasteiger partial charge is 0.222 e. The number of hydrogen-bond donors (Lipinski definition) is 2. The summed E-state index contributed by atoms with van der Waals surface area (Å²) in [6.07, 6.45) is 1.87. The molecule has 10 nitrogen and oxygen atoms in total. The first kappa shape index (κ1) is 27.5. The number of likely N-dealkylation sites (N-methyl/N-ethyl adjacent to an activating group) is 1. The Morgan fingerprint density at radius 1 is 1.00 bits per heavy atom. The molecular formula is C28H41N7O3. The maximum Gasteiger partial charge on any atom is 0.222 e. The fraction of sp³-hybridized carbons (Fsp3) is 0.500. The predicted molar refractivity (Wildman–Crippen MR) is 154 cm³/mol. The standard InChI is InChI=1S/C28H41N7O3/c1-33(2)14-15-38-22-9-7-8-21(34(3)4)19(22)17-35-12-10-18(11-13-35)24-25-20(31-28(30)32-27(25)29)16-23(36-5)26(24)37-6/h7-9,16,18H,10-15,17H2,1-6H3,(H4,29,30,31,32). The normalized spacial score (nSPS) is 14.7. The first-order valence-corrected chi connectivity index (χ1v) is 13.0. The van der Waals surface area contributed by atoms with E-state index in [0.717, 1.165) is 55.7 Å². The van der Waals surface area contributed by atoms with Crippen molar-refractivity contribution in [1.29, 1.82) is 0 Å². The number of ether oxygens (including phenoxy) is 3. The molecule has 10 heteroatoms. The highest BCUT2D eigenvalue weighted by molar-refractivity contribution is 5.96. The van der Waals surface area contributed by atoms with Gasteiger partial charge in [-0.2, -0.15) is 4.98 Å². The number of fused-ring (bicyclic) bond motifs is 1. The van der Waals surface area contributed by atoms with Gasteiger partial charge in [-0.1, -0.05) is 6.07 Å². The molecule has 0 saturated carbocycles. The molecule has 1 fully saturated rings. The zero-order valence-electron chi connectivity index (χ0n) is 23.5. The third-order valence-corrected chi connectivity index (χ3v) is 7.18. The lowest BCUT2D eigenvalue weighted by Crippen LogP contribution is -2.33. The van der Waals surface area contributed by atoms with E-state index in [1.54, 1.807) is 14.2 Å². The van der Waals surface area contributed by atoms with Crippen molar-refractivity contribution in [2.45, 2.75) is 25.3 Å². The van der Waals surface area contributed by atoms with Gasteiger partial charge in [0.25, 0.3) is 0 Å². The zero-order valence-corrected chi connectivity index (χ0v) is 23.5. The number of rotatable bonds is 10. The van der Waals surface area contributed by atoms with E-state index in [1.165, 1.54) is 11.3 Å². The maximum atomic E-state index is 6.37. The molecular weight excluding hydrogens is 482 g/mol. The van der Waals surface area contributed by atoms with Crippen LogP contribution >= 0.6 is 0 Å². The molecule has 0 atom stereocenters. The van der Waals surface area contributed by atoms with Crippen molar-refractivity contribution in [2.75, 3.05) is 85.0 Å². The van der Waals surface area contributed by atoms with Crippen LogP contribution in [-0.2, 0) is 6.54 Å². The van der Waals surface area contributed by atoms with Gasteiger partial charge in [0.2, 0.25) is 5.95 Å². The van der Waals surface area contributed by atoms with Crippen LogP contribution in [0.5, 0.6) is 17.2 Å². The van der Waals surface area contributed by atoms with E-state index in [-0.39, 0.29) is 11.9 Å². The quantitative estimate of drug-likeness (QED) is 0.410. The number of nitrogen functional groups attached to an aromatic ring is 2. The summed E-state index contributed by atoms with van der Waals surface area (Å²) in [6.45, 7) is 4.17. The van der Waals surface area contributed by atoms with Gasteiger partial charge in [0, 0.05) is 50.1 Å². The van der Waals surface area contributed by atoms with E-state index in [0.29, 0.717) is 29.4 Å². The minimum Gasteiger partial charge on any atom is -0.493 e. The first-order valence-electron chi connectivity index (χ1n) is 13.0. The molecule has 2 aromatic carbocycles. The second kappa shape index (κ2) is 11.9. The molecule has 3 aromatic rings. The fourth-order valence-corrected chi connectivity index (χ4v) is 5.29. The Morgan fingerprint density at radius 2 is 1.74 bits per heavy atom. The molecule has 4 N–H and O–H groups in total. The average Bonchev–Trinajstić information content (AvgIpc) is 2.88. The van der Waals surface area contributed by atoms with E-state index in [1.807, 2.05) is 6.07 Å². The minimum atomic E-state index is 0.145. The topological polar surface area (TPSA) is 115 Å². The van der Waals surface area contributed by atoms with Crippen molar-refractivity contribution in [3.05, 3.63) is 35.4 Å². The van der Waals surface area contributed by atoms with Crippen LogP contribution in [0.4, 0.5) is 17.5 Å². The van der Waals surface area contributed by atoms with Crippen LogP contribution in [0.25, 0.3) is 10.9 Å². The molecule has 0 amide bonds. The average molecular weight is 524 g/mol. The van der Waals surface area contributed by atoms with Gasteiger partial charge in [-0.25, -0.2) is 4.98 Å². The summed E-state index contributed by atoms with van der Waals surface area (Å²) in [6, 6.07) is 8.11. The van der Waals surface area contributed by atoms with Gasteiger partial charge in [-0.05, 0) is 58.1 Å². The van der Waals surface area contributed by atoms with E-state index in [9.17, 15) is 0 Å². The zero-order chi connectivity index (χ0) is 27.4. The summed E-state index contributed by atoms with van der Waals surface area (Å²) < 4.78 is 17.7. The van der Waals surface area contributed by atoms with Gasteiger partial charge < -0.3 is 35.5 Å². The fourth-order valence-electron chi connectivity index (χ4n) is 5.29. The summed E-state index contributed by atoms with van der Waals surface area (Å²) in [5, 5.41) is 0.796. The van der Waals surface area contributed by atoms with Gasteiger partial charge in [0.15, 0.2) is 11.5 Å². The number of hydrogen-bond acceptors (Lipinski definition) is 10. The Balaban J connectivity index is 1.59. The molecule has 1 aliphatic rings. The Bertz CT molecular complexity index is 1260. The van der Waals surface area contributed by atoms with Crippen molar-refractivity contribution in [3.8, 4) is 17.2 Å². The van der Waals surface area contributed by atoms with Crippen LogP contribution < -0.4 is 30.6 Å². The third kappa shape index (κ3) is 5.81. The molecule has 0 radical (unpaired) electrons. The lowest BCUT2D eigenvalue weighted by atomic mass is 9.86. The molecule has 1 saturated heterocycles. The van der Waals surface area contributed by atoms with Gasteiger partial charge in [0.1, 0.15) is 18.2 Å². The van der Waals surface area contributed by atoms with Gasteiger partial charge in [-0.3, -0.25) is 4.90 Å². The number of anilines is 3. The lowest BCUT2D eigenvalue weighted by Gasteiger charge is -2.34. The lowest BCUT2D eigenvalue weighted by molar-refractivity contribution is 0.198. The predicted octanol–water partition coefficient (Wildman–Crippen LogP) is 3.20. The van der Waals surface area contributed by atoms with Crippen molar-refractivity contribution >= 4 is 28.4 Å². The monoisotopic (exact) mass is 523 g/mol. The van der Waals surface area contributed by atoms with E-state index in [4.69, 9.17) is 25.7 Å². The van der Waals surface area contributed by atoms with Crippen molar-refractivity contribution in [1.82, 2.24) is 19.8 Å². The molecule has 2 heterocycles. The number of aromatic nitrogens is 2. The first-order chi connectivity index (χ1) is 18.2. The molecule has 0 aliphatic carbocycles. The van der Waals surface area contributed by atoms with Crippen LogP contribution in [0.15, 0.2) is 24.3 Å². The molecule has 206 valence electrons. The van der Waals surface area contributed by atoms with Crippen LogP contribution in [0.3, 0.4) is 0 Å². The second-order valence-corrected chi connectivity index (χ2v) is 10.2. The van der Waals surface area contributed by atoms with E-state index >= 15 is 0 Å². The SMILES string of the molecule is COc1cc2nc(N)nc(N)c2c(C2CCN(Cc3c(OCCN(C)C)cccc3N(C)C)CC2)c1OC. The molecule has 0 unspecified atom stereocenters. The molecule has 1 aromatic heterocycles. The highest BCUT2D eigenvalue weighted by Crippen LogP contribution is 2.46. The van der Waals surface area contributed by atoms with Crippen LogP contribution in [0.2, 0.25) is 0 Å². The van der Waals surface area contributed by atoms with Crippen LogP contribution in [-0.4, -0.2) is 88.4 Å². The molecule has 0 bridgehead atoms. The van der Waals surface area contributed by atoms with Crippen molar-refractivity contribution in [2.24, 2.45) is 0 Å². The van der Waals surface area contributed by atoms with Crippen LogP contribution in [0, 0.1) is 0 Å². The minimum absolute atomic E-state index is 0.145. The second-order valence-electron chi connectivity index (χ2n) is 10.2. The van der Waals surface area contributed by atoms with E-state index in [2.05, 4.69) is 71.1 Å². The van der Waals surface area contributed by atoms with Gasteiger partial charge in [0.05, 0.1) is 25.1 Å². The summed E-state index contributed by atoms with van der Waals surface area (Å²) in [5.41, 5.74) is 16.3. The summed E-state index contributed by atoms with van der Waals surface area (Å²) >= 11 is 0. The number of likely N-dealkylation sites (tertiary alicyclic amines) is 1. The molecule has 0 spiro atoms. The van der Waals surface area contributed by atoms with Gasteiger partial charge >= 0.3 is 0 Å². The molecule has 1 aliphatic heterocycles. The largest absolute Gasteiger partial charge is 0.493 e. The highest BCUT2D eigenvalue weighted by Gasteiger charge is 2.29. The van der Waals surface area contributed by atoms with Crippen LogP contribution in [0.1, 0.15) is 29.9 Å². The number of methoxy groups -OCH3 is 2. The Labute approximate surface area is 225 Å². The number of benzene rings is 2. The third-order valence-electron chi connectivity index (χ3n) is 7.18. The Hall–Kier alpha value is -3.50. The van der Waals surface area contributed by atoms with Crippen molar-refractivity contribution < 1.29 is 14.2 Å². The number of nitrogens with zero attached hydrogens (tertiary/aromatic N) is 5. The Kier molecular flexibility index (Phi) is 8.63. The maximum absolute atomic E-state index is 6.37. The Morgan fingerprint density at radius 3 is 2.37 bits per heavy atom. The summed E-state index contributed by atoms with van der Waals surface area (Å²) in [7, 11) is 11.6.